The number of aromatic hydroxyl groups is 1. The maximum Gasteiger partial charge on any atom is 0.376 e. The fraction of sp³-hybridized carbons (Fsp3) is 0.100. The van der Waals surface area contributed by atoms with Gasteiger partial charge in [0.05, 0.1) is 10.9 Å². The third-order valence-electron chi connectivity index (χ3n) is 4.11. The van der Waals surface area contributed by atoms with Crippen LogP contribution in [0.5, 0.6) is 5.75 Å². The molecule has 0 aliphatic carbocycles. The Hall–Kier alpha value is -3.54. The molecule has 3 rings (SSSR count). The number of aryl methyl sites for hydroxylation is 1. The molecule has 0 unspecified atom stereocenters. The molecule has 0 amide bonds. The van der Waals surface area contributed by atoms with Gasteiger partial charge in [-0.3, -0.25) is 4.79 Å². The number of aliphatic hydroxyl groups is 1. The van der Waals surface area contributed by atoms with E-state index in [0.717, 1.165) is 11.1 Å². The SMILES string of the molecule is Cc1ccc(Cn2cc(/C(O)=C/C(=O)C(=O)O)c3c(O)cccc32)cc1. The zero-order valence-electron chi connectivity index (χ0n) is 14.0. The van der Waals surface area contributed by atoms with Crippen molar-refractivity contribution in [1.29, 1.82) is 0 Å². The molecule has 0 aliphatic heterocycles. The van der Waals surface area contributed by atoms with Crippen LogP contribution in [0, 0.1) is 6.92 Å². The first kappa shape index (κ1) is 17.3. The number of hydrogen-bond donors (Lipinski definition) is 3. The number of phenols is 1. The molecule has 3 N–H and O–H groups in total. The third-order valence-corrected chi connectivity index (χ3v) is 4.11. The molecule has 0 radical (unpaired) electrons. The fourth-order valence-electron chi connectivity index (χ4n) is 2.81. The largest absolute Gasteiger partial charge is 0.507 e. The second kappa shape index (κ2) is 6.76. The smallest absolute Gasteiger partial charge is 0.376 e. The summed E-state index contributed by atoms with van der Waals surface area (Å²) in [6.45, 7) is 2.48. The molecule has 132 valence electrons. The third kappa shape index (κ3) is 3.30. The molecule has 0 bridgehead atoms. The van der Waals surface area contributed by atoms with Gasteiger partial charge in [0, 0.05) is 24.4 Å². The number of phenolic OH excluding ortho intramolecular Hbond substituents is 1. The summed E-state index contributed by atoms with van der Waals surface area (Å²) in [5.41, 5.74) is 3.01. The topological polar surface area (TPSA) is 99.8 Å². The number of nitrogens with zero attached hydrogens (tertiary/aromatic N) is 1. The zero-order valence-corrected chi connectivity index (χ0v) is 14.0. The average Bonchev–Trinajstić information content (AvgIpc) is 2.97. The van der Waals surface area contributed by atoms with Crippen molar-refractivity contribution >= 4 is 28.4 Å². The number of aliphatic hydroxyl groups excluding tert-OH is 1. The number of carbonyl (C=O) groups is 2. The van der Waals surface area contributed by atoms with E-state index in [1.807, 2.05) is 35.8 Å². The highest BCUT2D eigenvalue weighted by molar-refractivity contribution is 6.38. The van der Waals surface area contributed by atoms with E-state index in [4.69, 9.17) is 5.11 Å². The summed E-state index contributed by atoms with van der Waals surface area (Å²) in [7, 11) is 0. The van der Waals surface area contributed by atoms with Gasteiger partial charge in [0.15, 0.2) is 0 Å². The summed E-state index contributed by atoms with van der Waals surface area (Å²) in [5, 5.41) is 29.5. The van der Waals surface area contributed by atoms with Gasteiger partial charge in [-0.2, -0.15) is 0 Å². The molecular weight excluding hydrogens is 334 g/mol. The molecule has 0 spiro atoms. The first-order valence-corrected chi connectivity index (χ1v) is 7.91. The van der Waals surface area contributed by atoms with Crippen molar-refractivity contribution in [2.24, 2.45) is 0 Å². The van der Waals surface area contributed by atoms with Gasteiger partial charge in [-0.1, -0.05) is 35.9 Å². The van der Waals surface area contributed by atoms with E-state index in [1.165, 1.54) is 6.07 Å². The van der Waals surface area contributed by atoms with Crippen LogP contribution in [-0.4, -0.2) is 31.6 Å². The van der Waals surface area contributed by atoms with E-state index in [9.17, 15) is 19.8 Å². The quantitative estimate of drug-likeness (QED) is 0.372. The van der Waals surface area contributed by atoms with E-state index in [-0.39, 0.29) is 11.3 Å². The molecule has 1 heterocycles. The number of fused-ring (bicyclic) bond motifs is 1. The van der Waals surface area contributed by atoms with Crippen LogP contribution in [0.15, 0.2) is 54.7 Å². The minimum absolute atomic E-state index is 0.0668. The lowest BCUT2D eigenvalue weighted by molar-refractivity contribution is -0.146. The number of carboxylic acid groups (broad SMARTS) is 1. The van der Waals surface area contributed by atoms with Gasteiger partial charge in [0.25, 0.3) is 5.78 Å². The highest BCUT2D eigenvalue weighted by Gasteiger charge is 2.18. The maximum atomic E-state index is 11.4. The van der Waals surface area contributed by atoms with E-state index in [1.54, 1.807) is 18.3 Å². The number of carboxylic acids is 1. The van der Waals surface area contributed by atoms with E-state index in [0.29, 0.717) is 23.5 Å². The molecular formula is C20H17NO5. The second-order valence-electron chi connectivity index (χ2n) is 6.03. The first-order chi connectivity index (χ1) is 12.4. The van der Waals surface area contributed by atoms with Crippen LogP contribution < -0.4 is 0 Å². The van der Waals surface area contributed by atoms with Crippen LogP contribution in [0.4, 0.5) is 0 Å². The number of hydrogen-bond acceptors (Lipinski definition) is 4. The fourth-order valence-corrected chi connectivity index (χ4v) is 2.81. The minimum atomic E-state index is -1.66. The van der Waals surface area contributed by atoms with Crippen LogP contribution in [0.2, 0.25) is 0 Å². The van der Waals surface area contributed by atoms with Crippen LogP contribution >= 0.6 is 0 Å². The summed E-state index contributed by atoms with van der Waals surface area (Å²) < 4.78 is 1.82. The Morgan fingerprint density at radius 1 is 1.08 bits per heavy atom. The number of rotatable bonds is 5. The molecule has 0 atom stereocenters. The van der Waals surface area contributed by atoms with Crippen molar-refractivity contribution < 1.29 is 24.9 Å². The van der Waals surface area contributed by atoms with Gasteiger partial charge in [0.2, 0.25) is 0 Å². The Morgan fingerprint density at radius 2 is 1.77 bits per heavy atom. The average molecular weight is 351 g/mol. The minimum Gasteiger partial charge on any atom is -0.507 e. The van der Waals surface area contributed by atoms with Gasteiger partial charge in [-0.05, 0) is 24.6 Å². The lowest BCUT2D eigenvalue weighted by Crippen LogP contribution is -2.09. The summed E-state index contributed by atoms with van der Waals surface area (Å²) in [4.78, 5) is 22.1. The normalized spacial score (nSPS) is 11.7. The standard InChI is InChI=1S/C20H17NO5/c1-12-5-7-13(8-6-12)10-21-11-14(17(23)9-18(24)20(25)26)19-15(21)3-2-4-16(19)22/h2-9,11,22-23H,10H2,1H3,(H,25,26)/b17-9-. The monoisotopic (exact) mass is 351 g/mol. The highest BCUT2D eigenvalue weighted by Crippen LogP contribution is 2.33. The van der Waals surface area contributed by atoms with Gasteiger partial charge >= 0.3 is 5.97 Å². The van der Waals surface area contributed by atoms with Crippen molar-refractivity contribution in [2.45, 2.75) is 13.5 Å². The molecule has 2 aromatic carbocycles. The van der Waals surface area contributed by atoms with E-state index in [2.05, 4.69) is 0 Å². The van der Waals surface area contributed by atoms with E-state index >= 15 is 0 Å². The second-order valence-corrected chi connectivity index (χ2v) is 6.03. The van der Waals surface area contributed by atoms with E-state index < -0.39 is 17.5 Å². The Labute approximate surface area is 149 Å². The lowest BCUT2D eigenvalue weighted by Gasteiger charge is -2.06. The molecule has 0 saturated carbocycles. The predicted molar refractivity (Wildman–Crippen MR) is 97.1 cm³/mol. The Balaban J connectivity index is 2.11. The molecule has 1 aromatic heterocycles. The van der Waals surface area contributed by atoms with Crippen LogP contribution in [0.1, 0.15) is 16.7 Å². The molecule has 0 saturated heterocycles. The van der Waals surface area contributed by atoms with Gasteiger partial charge in [-0.15, -0.1) is 0 Å². The van der Waals surface area contributed by atoms with Crippen molar-refractivity contribution in [3.63, 3.8) is 0 Å². The summed E-state index contributed by atoms with van der Waals surface area (Å²) in [5.74, 6) is -3.48. The maximum absolute atomic E-state index is 11.4. The molecule has 0 fully saturated rings. The first-order valence-electron chi connectivity index (χ1n) is 7.91. The number of aromatic nitrogens is 1. The molecule has 6 nitrogen and oxygen atoms in total. The number of ketones is 1. The summed E-state index contributed by atoms with van der Waals surface area (Å²) in [6, 6.07) is 12.9. The van der Waals surface area contributed by atoms with Crippen molar-refractivity contribution in [3.8, 4) is 5.75 Å². The predicted octanol–water partition coefficient (Wildman–Crippen LogP) is 3.26. The number of carbonyl (C=O) groups excluding carboxylic acids is 1. The summed E-state index contributed by atoms with van der Waals surface area (Å²) in [6.07, 6.45) is 2.23. The van der Waals surface area contributed by atoms with Gasteiger partial charge < -0.3 is 19.9 Å². The summed E-state index contributed by atoms with van der Waals surface area (Å²) >= 11 is 0. The van der Waals surface area contributed by atoms with Crippen molar-refractivity contribution in [1.82, 2.24) is 4.57 Å². The van der Waals surface area contributed by atoms with Crippen LogP contribution in [0.3, 0.4) is 0 Å². The van der Waals surface area contributed by atoms with Crippen molar-refractivity contribution in [3.05, 3.63) is 71.4 Å². The lowest BCUT2D eigenvalue weighted by atomic mass is 10.1. The molecule has 0 aliphatic rings. The number of benzene rings is 2. The Morgan fingerprint density at radius 3 is 2.42 bits per heavy atom. The zero-order chi connectivity index (χ0) is 18.8. The molecule has 3 aromatic rings. The Kier molecular flexibility index (Phi) is 4.49. The Bertz CT molecular complexity index is 1030. The van der Waals surface area contributed by atoms with Crippen LogP contribution in [-0.2, 0) is 16.1 Å². The molecule has 26 heavy (non-hydrogen) atoms. The molecule has 6 heteroatoms. The van der Waals surface area contributed by atoms with Crippen LogP contribution in [0.25, 0.3) is 16.7 Å². The van der Waals surface area contributed by atoms with Gasteiger partial charge in [-0.25, -0.2) is 4.79 Å². The van der Waals surface area contributed by atoms with Crippen molar-refractivity contribution in [2.75, 3.05) is 0 Å². The highest BCUT2D eigenvalue weighted by atomic mass is 16.4. The number of aliphatic carboxylic acids is 1. The van der Waals surface area contributed by atoms with Gasteiger partial charge in [0.1, 0.15) is 11.5 Å².